The van der Waals surface area contributed by atoms with Crippen molar-refractivity contribution >= 4 is 5.91 Å². The number of nitrogens with zero attached hydrogens (tertiary/aromatic N) is 1. The van der Waals surface area contributed by atoms with Gasteiger partial charge in [-0.2, -0.15) is 0 Å². The number of rotatable bonds is 4. The molecule has 2 fully saturated rings. The van der Waals surface area contributed by atoms with Crippen LogP contribution in [-0.2, 0) is 4.79 Å². The minimum absolute atomic E-state index is 0.00159. The highest BCUT2D eigenvalue weighted by Gasteiger charge is 2.48. The van der Waals surface area contributed by atoms with Gasteiger partial charge in [0, 0.05) is 36.9 Å². The van der Waals surface area contributed by atoms with Gasteiger partial charge in [0.05, 0.1) is 12.1 Å². The van der Waals surface area contributed by atoms with Crippen LogP contribution in [0.1, 0.15) is 56.2 Å². The molecular formula is C20H28N2O2. The van der Waals surface area contributed by atoms with Gasteiger partial charge in [0.1, 0.15) is 0 Å². The van der Waals surface area contributed by atoms with Crippen LogP contribution in [0.3, 0.4) is 0 Å². The number of aliphatic hydroxyl groups excluding tert-OH is 1. The Morgan fingerprint density at radius 1 is 1.29 bits per heavy atom. The molecule has 3 aliphatic rings. The van der Waals surface area contributed by atoms with Crippen LogP contribution in [0.25, 0.3) is 0 Å². The molecule has 2 N–H and O–H groups in total. The molecule has 130 valence electrons. The van der Waals surface area contributed by atoms with Gasteiger partial charge in [-0.05, 0) is 37.3 Å². The Kier molecular flexibility index (Phi) is 4.13. The van der Waals surface area contributed by atoms with Gasteiger partial charge in [-0.25, -0.2) is 0 Å². The van der Waals surface area contributed by atoms with Crippen LogP contribution in [0.4, 0.5) is 0 Å². The van der Waals surface area contributed by atoms with E-state index in [4.69, 9.17) is 0 Å². The summed E-state index contributed by atoms with van der Waals surface area (Å²) in [6.07, 6.45) is 2.12. The molecule has 0 spiro atoms. The lowest BCUT2D eigenvalue weighted by molar-refractivity contribution is -0.132. The molecule has 2 aliphatic carbocycles. The van der Waals surface area contributed by atoms with Gasteiger partial charge in [0.2, 0.25) is 5.91 Å². The van der Waals surface area contributed by atoms with Gasteiger partial charge in [-0.15, -0.1) is 0 Å². The van der Waals surface area contributed by atoms with E-state index < -0.39 is 0 Å². The fourth-order valence-corrected chi connectivity index (χ4v) is 4.77. The summed E-state index contributed by atoms with van der Waals surface area (Å²) in [6, 6.07) is 9.35. The lowest BCUT2D eigenvalue weighted by Gasteiger charge is -2.32. The third-order valence-electron chi connectivity index (χ3n) is 6.55. The molecule has 24 heavy (non-hydrogen) atoms. The largest absolute Gasteiger partial charge is 0.393 e. The first-order valence-corrected chi connectivity index (χ1v) is 9.39. The fraction of sp³-hybridized carbons (Fsp3) is 0.650. The molecule has 1 saturated carbocycles. The van der Waals surface area contributed by atoms with Crippen molar-refractivity contribution in [1.82, 2.24) is 10.2 Å². The van der Waals surface area contributed by atoms with Gasteiger partial charge in [-0.3, -0.25) is 9.69 Å². The Morgan fingerprint density at radius 2 is 2.00 bits per heavy atom. The quantitative estimate of drug-likeness (QED) is 0.893. The van der Waals surface area contributed by atoms with Gasteiger partial charge in [0.15, 0.2) is 0 Å². The Balaban J connectivity index is 1.55. The summed E-state index contributed by atoms with van der Waals surface area (Å²) in [5.74, 6) is 1.14. The number of nitrogens with one attached hydrogen (secondary N) is 1. The maximum atomic E-state index is 12.6. The summed E-state index contributed by atoms with van der Waals surface area (Å²) in [7, 11) is 0. The summed E-state index contributed by atoms with van der Waals surface area (Å²) in [5, 5.41) is 12.8. The number of likely N-dealkylation sites (tertiary alicyclic amines) is 1. The van der Waals surface area contributed by atoms with Crippen molar-refractivity contribution in [1.29, 1.82) is 0 Å². The van der Waals surface area contributed by atoms with Crippen molar-refractivity contribution in [2.45, 2.75) is 57.2 Å². The first kappa shape index (κ1) is 16.1. The summed E-state index contributed by atoms with van der Waals surface area (Å²) in [5.41, 5.74) is 2.73. The molecule has 1 amide bonds. The predicted molar refractivity (Wildman–Crippen MR) is 93.6 cm³/mol. The standard InChI is InChI=1S/C20H28N2O2/c1-3-12(2)22-10-17-15-6-4-5-7-16(15)19(18(17)11-22)21-20(24)13-8-14(23)9-13/h4-7,12-14,17-19,23H,3,8-11H2,1-2H3,(H,21,24)/t12-,13?,14?,17+,18+,19-/m1/s1. The van der Waals surface area contributed by atoms with Crippen molar-refractivity contribution in [2.75, 3.05) is 13.1 Å². The van der Waals surface area contributed by atoms with Crippen molar-refractivity contribution in [3.8, 4) is 0 Å². The number of amides is 1. The van der Waals surface area contributed by atoms with Crippen molar-refractivity contribution < 1.29 is 9.90 Å². The Labute approximate surface area is 144 Å². The Bertz CT molecular complexity index is 626. The van der Waals surface area contributed by atoms with Crippen LogP contribution in [0.15, 0.2) is 24.3 Å². The number of benzene rings is 1. The van der Waals surface area contributed by atoms with E-state index >= 15 is 0 Å². The van der Waals surface area contributed by atoms with Crippen molar-refractivity contribution in [2.24, 2.45) is 11.8 Å². The first-order chi connectivity index (χ1) is 11.6. The zero-order chi connectivity index (χ0) is 16.8. The lowest BCUT2D eigenvalue weighted by Crippen LogP contribution is -2.44. The maximum absolute atomic E-state index is 12.6. The van der Waals surface area contributed by atoms with Crippen molar-refractivity contribution in [3.05, 3.63) is 35.4 Å². The highest BCUT2D eigenvalue weighted by Crippen LogP contribution is 2.49. The molecule has 1 aromatic carbocycles. The number of fused-ring (bicyclic) bond motifs is 3. The van der Waals surface area contributed by atoms with Gasteiger partial charge in [-0.1, -0.05) is 31.2 Å². The third kappa shape index (κ3) is 2.56. The average Bonchev–Trinajstić information content (AvgIpc) is 3.10. The van der Waals surface area contributed by atoms with Crippen LogP contribution in [-0.4, -0.2) is 41.1 Å². The van der Waals surface area contributed by atoms with E-state index in [1.165, 1.54) is 11.1 Å². The maximum Gasteiger partial charge on any atom is 0.223 e. The van der Waals surface area contributed by atoms with Gasteiger partial charge in [0.25, 0.3) is 0 Å². The van der Waals surface area contributed by atoms with Gasteiger partial charge < -0.3 is 10.4 Å². The topological polar surface area (TPSA) is 52.6 Å². The van der Waals surface area contributed by atoms with Crippen LogP contribution in [0.2, 0.25) is 0 Å². The summed E-state index contributed by atoms with van der Waals surface area (Å²) in [4.78, 5) is 15.1. The van der Waals surface area contributed by atoms with E-state index in [1.807, 2.05) is 0 Å². The molecule has 0 unspecified atom stereocenters. The number of aliphatic hydroxyl groups is 1. The molecule has 1 saturated heterocycles. The van der Waals surface area contributed by atoms with E-state index in [0.29, 0.717) is 30.7 Å². The number of hydrogen-bond acceptors (Lipinski definition) is 3. The van der Waals surface area contributed by atoms with Crippen LogP contribution >= 0.6 is 0 Å². The molecule has 4 rings (SSSR count). The molecule has 1 aliphatic heterocycles. The van der Waals surface area contributed by atoms with Crippen LogP contribution < -0.4 is 5.32 Å². The lowest BCUT2D eigenvalue weighted by atomic mass is 9.81. The van der Waals surface area contributed by atoms with E-state index in [2.05, 4.69) is 48.3 Å². The molecule has 4 nitrogen and oxygen atoms in total. The van der Waals surface area contributed by atoms with Crippen molar-refractivity contribution in [3.63, 3.8) is 0 Å². The summed E-state index contributed by atoms with van der Waals surface area (Å²) in [6.45, 7) is 6.71. The zero-order valence-corrected chi connectivity index (χ0v) is 14.6. The molecule has 4 heteroatoms. The zero-order valence-electron chi connectivity index (χ0n) is 14.6. The molecule has 1 aromatic rings. The van der Waals surface area contributed by atoms with E-state index in [0.717, 1.165) is 19.5 Å². The van der Waals surface area contributed by atoms with Crippen LogP contribution in [0.5, 0.6) is 0 Å². The highest BCUT2D eigenvalue weighted by molar-refractivity contribution is 5.80. The normalized spacial score (nSPS) is 35.9. The molecule has 0 bridgehead atoms. The molecule has 4 atom stereocenters. The monoisotopic (exact) mass is 328 g/mol. The smallest absolute Gasteiger partial charge is 0.223 e. The van der Waals surface area contributed by atoms with Crippen LogP contribution in [0, 0.1) is 11.8 Å². The van der Waals surface area contributed by atoms with E-state index in [1.54, 1.807) is 0 Å². The van der Waals surface area contributed by atoms with E-state index in [-0.39, 0.29) is 24.0 Å². The number of carbonyl (C=O) groups excluding carboxylic acids is 1. The van der Waals surface area contributed by atoms with E-state index in [9.17, 15) is 9.90 Å². The summed E-state index contributed by atoms with van der Waals surface area (Å²) >= 11 is 0. The Morgan fingerprint density at radius 3 is 2.67 bits per heavy atom. The first-order valence-electron chi connectivity index (χ1n) is 9.39. The number of hydrogen-bond donors (Lipinski definition) is 2. The SMILES string of the molecule is CC[C@@H](C)N1C[C@@H]2[C@H](NC(=O)C3CC(O)C3)c3ccccc3[C@@H]2C1. The molecule has 0 aromatic heterocycles. The molecule has 0 radical (unpaired) electrons. The third-order valence-corrected chi connectivity index (χ3v) is 6.55. The molecule has 1 heterocycles. The predicted octanol–water partition coefficient (Wildman–Crippen LogP) is 2.44. The minimum Gasteiger partial charge on any atom is -0.393 e. The fourth-order valence-electron chi connectivity index (χ4n) is 4.77. The second-order valence-electron chi connectivity index (χ2n) is 7.92. The average molecular weight is 328 g/mol. The Hall–Kier alpha value is -1.39. The van der Waals surface area contributed by atoms with Gasteiger partial charge >= 0.3 is 0 Å². The second kappa shape index (κ2) is 6.16. The molecular weight excluding hydrogens is 300 g/mol. The summed E-state index contributed by atoms with van der Waals surface area (Å²) < 4.78 is 0. The highest BCUT2D eigenvalue weighted by atomic mass is 16.3. The number of carbonyl (C=O) groups is 1. The minimum atomic E-state index is -0.281. The second-order valence-corrected chi connectivity index (χ2v) is 7.92.